The van der Waals surface area contributed by atoms with Gasteiger partial charge in [0, 0.05) is 6.42 Å². The van der Waals surface area contributed by atoms with Gasteiger partial charge in [0.15, 0.2) is 0 Å². The molecule has 0 aromatic heterocycles. The lowest BCUT2D eigenvalue weighted by Gasteiger charge is -2.23. The van der Waals surface area contributed by atoms with Gasteiger partial charge in [-0.1, -0.05) is 20.8 Å². The van der Waals surface area contributed by atoms with Crippen LogP contribution in [0.5, 0.6) is 0 Å². The van der Waals surface area contributed by atoms with E-state index in [2.05, 4.69) is 64.0 Å². The van der Waals surface area contributed by atoms with E-state index in [0.29, 0.717) is 0 Å². The highest BCUT2D eigenvalue weighted by molar-refractivity contribution is 14.1. The van der Waals surface area contributed by atoms with E-state index in [-0.39, 0.29) is 5.41 Å². The first-order chi connectivity index (χ1) is 4.91. The predicted octanol–water partition coefficient (Wildman–Crippen LogP) is 3.34. The average molecular weight is 266 g/mol. The van der Waals surface area contributed by atoms with Gasteiger partial charge in [-0.15, -0.1) is 10.2 Å². The van der Waals surface area contributed by atoms with Crippen molar-refractivity contribution in [2.75, 3.05) is 0 Å². The summed E-state index contributed by atoms with van der Waals surface area (Å²) in [5.74, 6) is 0. The molecule has 1 aliphatic heterocycles. The van der Waals surface area contributed by atoms with Crippen LogP contribution in [0, 0.1) is 5.41 Å². The Morgan fingerprint density at radius 3 is 2.00 bits per heavy atom. The average Bonchev–Trinajstić information content (AvgIpc) is 2.09. The van der Waals surface area contributed by atoms with Gasteiger partial charge < -0.3 is 0 Å². The molecular formula is C6H11IN4. The Kier molecular flexibility index (Phi) is 2.27. The standard InChI is InChI=1S/C6H11IN4/c1-5(2,3)4-6(7)8-10-11-9-6/h4H2,1-3H3. The van der Waals surface area contributed by atoms with Crippen LogP contribution in [0.15, 0.2) is 20.7 Å². The molecule has 1 aliphatic rings. The minimum atomic E-state index is -0.435. The molecule has 0 saturated heterocycles. The molecule has 0 unspecified atom stereocenters. The second-order valence-corrected chi connectivity index (χ2v) is 5.56. The number of hydrogen-bond acceptors (Lipinski definition) is 4. The van der Waals surface area contributed by atoms with Gasteiger partial charge >= 0.3 is 0 Å². The molecule has 0 aromatic rings. The van der Waals surface area contributed by atoms with Gasteiger partial charge in [-0.05, 0) is 38.5 Å². The van der Waals surface area contributed by atoms with E-state index in [0.717, 1.165) is 6.42 Å². The Labute approximate surface area is 79.7 Å². The SMILES string of the molecule is CC(C)(C)CC1(I)N=NN=N1. The summed E-state index contributed by atoms with van der Waals surface area (Å²) >= 11 is 2.17. The second-order valence-electron chi connectivity index (χ2n) is 3.84. The van der Waals surface area contributed by atoms with E-state index in [1.807, 2.05) is 0 Å². The van der Waals surface area contributed by atoms with Crippen LogP contribution in [0.4, 0.5) is 0 Å². The highest BCUT2D eigenvalue weighted by Crippen LogP contribution is 2.38. The third kappa shape index (κ3) is 2.80. The van der Waals surface area contributed by atoms with E-state index in [1.54, 1.807) is 0 Å². The number of hydrogen-bond donors (Lipinski definition) is 0. The quantitative estimate of drug-likeness (QED) is 0.397. The van der Waals surface area contributed by atoms with Crippen molar-refractivity contribution in [2.24, 2.45) is 26.1 Å². The van der Waals surface area contributed by atoms with Crippen LogP contribution in [0.1, 0.15) is 27.2 Å². The number of rotatable bonds is 1. The molecule has 0 N–H and O–H groups in total. The van der Waals surface area contributed by atoms with Crippen molar-refractivity contribution < 1.29 is 0 Å². The van der Waals surface area contributed by atoms with Gasteiger partial charge in [0.1, 0.15) is 0 Å². The number of alkyl halides is 1. The lowest BCUT2D eigenvalue weighted by Crippen LogP contribution is -2.20. The first-order valence-electron chi connectivity index (χ1n) is 3.44. The van der Waals surface area contributed by atoms with Crippen LogP contribution in [-0.2, 0) is 0 Å². The van der Waals surface area contributed by atoms with Crippen molar-refractivity contribution in [2.45, 2.75) is 30.9 Å². The Morgan fingerprint density at radius 1 is 1.18 bits per heavy atom. The molecule has 0 saturated carbocycles. The van der Waals surface area contributed by atoms with Crippen molar-refractivity contribution in [1.29, 1.82) is 0 Å². The molecule has 0 aromatic carbocycles. The highest BCUT2D eigenvalue weighted by Gasteiger charge is 2.34. The zero-order valence-corrected chi connectivity index (χ0v) is 9.03. The minimum absolute atomic E-state index is 0.212. The zero-order valence-electron chi connectivity index (χ0n) is 6.87. The van der Waals surface area contributed by atoms with Crippen molar-refractivity contribution in [3.05, 3.63) is 0 Å². The molecule has 0 radical (unpaired) electrons. The van der Waals surface area contributed by atoms with Gasteiger partial charge in [-0.25, -0.2) is 0 Å². The fourth-order valence-corrected chi connectivity index (χ4v) is 2.28. The third-order valence-electron chi connectivity index (χ3n) is 1.19. The molecule has 62 valence electrons. The van der Waals surface area contributed by atoms with E-state index in [1.165, 1.54) is 0 Å². The van der Waals surface area contributed by atoms with Crippen LogP contribution in [0.25, 0.3) is 0 Å². The fourth-order valence-electron chi connectivity index (χ4n) is 0.943. The van der Waals surface area contributed by atoms with Crippen molar-refractivity contribution >= 4 is 22.6 Å². The molecule has 0 fully saturated rings. The summed E-state index contributed by atoms with van der Waals surface area (Å²) in [4.78, 5) is 0. The summed E-state index contributed by atoms with van der Waals surface area (Å²) in [6.45, 7) is 6.45. The topological polar surface area (TPSA) is 49.4 Å². The number of nitrogens with zero attached hydrogens (tertiary/aromatic N) is 4. The maximum atomic E-state index is 3.93. The molecular weight excluding hydrogens is 255 g/mol. The highest BCUT2D eigenvalue weighted by atomic mass is 127. The van der Waals surface area contributed by atoms with Gasteiger partial charge in [0.05, 0.1) is 0 Å². The summed E-state index contributed by atoms with van der Waals surface area (Å²) in [6.07, 6.45) is 0.869. The first-order valence-corrected chi connectivity index (χ1v) is 4.52. The molecule has 4 nitrogen and oxygen atoms in total. The van der Waals surface area contributed by atoms with E-state index >= 15 is 0 Å². The smallest absolute Gasteiger partial charge is 0.124 e. The molecule has 0 atom stereocenters. The lowest BCUT2D eigenvalue weighted by molar-refractivity contribution is 0.335. The van der Waals surface area contributed by atoms with Crippen molar-refractivity contribution in [3.63, 3.8) is 0 Å². The van der Waals surface area contributed by atoms with Crippen LogP contribution in [0.3, 0.4) is 0 Å². The lowest BCUT2D eigenvalue weighted by atomic mass is 9.91. The Balaban J connectivity index is 2.62. The van der Waals surface area contributed by atoms with Crippen LogP contribution >= 0.6 is 22.6 Å². The maximum Gasteiger partial charge on any atom is 0.244 e. The number of halogens is 1. The van der Waals surface area contributed by atoms with Crippen LogP contribution in [0.2, 0.25) is 0 Å². The minimum Gasteiger partial charge on any atom is -0.124 e. The van der Waals surface area contributed by atoms with Gasteiger partial charge in [-0.2, -0.15) is 0 Å². The Bertz CT molecular complexity index is 191. The molecule has 0 amide bonds. The van der Waals surface area contributed by atoms with Crippen molar-refractivity contribution in [1.82, 2.24) is 0 Å². The summed E-state index contributed by atoms with van der Waals surface area (Å²) in [5.41, 5.74) is 0.212. The van der Waals surface area contributed by atoms with E-state index < -0.39 is 3.67 Å². The summed E-state index contributed by atoms with van der Waals surface area (Å²) < 4.78 is -0.435. The van der Waals surface area contributed by atoms with Gasteiger partial charge in [0.2, 0.25) is 3.67 Å². The fraction of sp³-hybridized carbons (Fsp3) is 1.00. The summed E-state index contributed by atoms with van der Waals surface area (Å²) in [5, 5.41) is 14.9. The van der Waals surface area contributed by atoms with E-state index in [4.69, 9.17) is 0 Å². The van der Waals surface area contributed by atoms with Gasteiger partial charge in [-0.3, -0.25) is 0 Å². The van der Waals surface area contributed by atoms with Gasteiger partial charge in [0.25, 0.3) is 0 Å². The maximum absolute atomic E-state index is 3.93. The third-order valence-corrected chi connectivity index (χ3v) is 2.00. The Morgan fingerprint density at radius 2 is 1.64 bits per heavy atom. The first kappa shape index (κ1) is 9.02. The molecule has 0 bridgehead atoms. The monoisotopic (exact) mass is 266 g/mol. The molecule has 0 aliphatic carbocycles. The predicted molar refractivity (Wildman–Crippen MR) is 50.5 cm³/mol. The molecule has 0 spiro atoms. The normalized spacial score (nSPS) is 21.1. The summed E-state index contributed by atoms with van der Waals surface area (Å²) in [6, 6.07) is 0. The Hall–Kier alpha value is -0.0700. The summed E-state index contributed by atoms with van der Waals surface area (Å²) in [7, 11) is 0. The zero-order chi connectivity index (χ0) is 8.54. The largest absolute Gasteiger partial charge is 0.244 e. The van der Waals surface area contributed by atoms with E-state index in [9.17, 15) is 0 Å². The molecule has 1 rings (SSSR count). The van der Waals surface area contributed by atoms with Crippen LogP contribution in [-0.4, -0.2) is 3.67 Å². The molecule has 1 heterocycles. The molecule has 5 heteroatoms. The van der Waals surface area contributed by atoms with Crippen molar-refractivity contribution in [3.8, 4) is 0 Å². The second kappa shape index (κ2) is 2.76. The van der Waals surface area contributed by atoms with Crippen LogP contribution < -0.4 is 0 Å². The molecule has 11 heavy (non-hydrogen) atoms.